The fourth-order valence-corrected chi connectivity index (χ4v) is 2.20. The summed E-state index contributed by atoms with van der Waals surface area (Å²) in [4.78, 5) is 16.0. The molecule has 0 bridgehead atoms. The van der Waals surface area contributed by atoms with Crippen molar-refractivity contribution in [2.75, 3.05) is 6.54 Å². The maximum absolute atomic E-state index is 12.7. The van der Waals surface area contributed by atoms with Crippen LogP contribution in [0.15, 0.2) is 53.4 Å². The number of rotatable bonds is 7. The van der Waals surface area contributed by atoms with E-state index in [-0.39, 0.29) is 23.9 Å². The maximum Gasteiger partial charge on any atom is 0.416 e. The highest BCUT2D eigenvalue weighted by Gasteiger charge is 2.30. The first-order valence-electron chi connectivity index (χ1n) is 7.92. The summed E-state index contributed by atoms with van der Waals surface area (Å²) in [6.07, 6.45) is 0.111. The van der Waals surface area contributed by atoms with Gasteiger partial charge in [0.2, 0.25) is 5.89 Å². The number of benzene rings is 1. The molecule has 27 heavy (non-hydrogen) atoms. The number of ether oxygens (including phenoxy) is 1. The zero-order valence-corrected chi connectivity index (χ0v) is 13.9. The van der Waals surface area contributed by atoms with Gasteiger partial charge in [-0.3, -0.25) is 9.48 Å². The van der Waals surface area contributed by atoms with Crippen LogP contribution in [0.3, 0.4) is 0 Å². The molecule has 0 saturated carbocycles. The molecule has 0 unspecified atom stereocenters. The molecule has 2 heterocycles. The number of hydrogen-bond acceptors (Lipinski definition) is 5. The van der Waals surface area contributed by atoms with Gasteiger partial charge < -0.3 is 14.5 Å². The highest BCUT2D eigenvalue weighted by Crippen LogP contribution is 2.31. The van der Waals surface area contributed by atoms with Gasteiger partial charge in [-0.15, -0.1) is 0 Å². The Bertz CT molecular complexity index is 891. The second kappa shape index (κ2) is 7.94. The first-order valence-corrected chi connectivity index (χ1v) is 7.92. The van der Waals surface area contributed by atoms with Gasteiger partial charge in [-0.05, 0) is 24.3 Å². The molecule has 0 atom stereocenters. The third-order valence-electron chi connectivity index (χ3n) is 3.49. The van der Waals surface area contributed by atoms with Crippen molar-refractivity contribution in [1.29, 1.82) is 0 Å². The average Bonchev–Trinajstić information content (AvgIpc) is 3.31. The van der Waals surface area contributed by atoms with Crippen molar-refractivity contribution in [2.45, 2.75) is 19.3 Å². The van der Waals surface area contributed by atoms with Gasteiger partial charge in [0.15, 0.2) is 12.3 Å². The minimum absolute atomic E-state index is 0.0215. The molecule has 10 heteroatoms. The van der Waals surface area contributed by atoms with Gasteiger partial charge in [0.05, 0.1) is 12.1 Å². The van der Waals surface area contributed by atoms with Gasteiger partial charge in [-0.25, -0.2) is 4.98 Å². The first kappa shape index (κ1) is 18.5. The molecule has 3 aromatic rings. The van der Waals surface area contributed by atoms with Crippen LogP contribution >= 0.6 is 0 Å². The topological polar surface area (TPSA) is 82.2 Å². The van der Waals surface area contributed by atoms with E-state index < -0.39 is 17.6 Å². The molecule has 3 rings (SSSR count). The third kappa shape index (κ3) is 5.09. The monoisotopic (exact) mass is 380 g/mol. The number of hydrogen-bond donors (Lipinski definition) is 1. The molecule has 0 fully saturated rings. The predicted molar refractivity (Wildman–Crippen MR) is 86.8 cm³/mol. The van der Waals surface area contributed by atoms with Crippen molar-refractivity contribution < 1.29 is 27.1 Å². The molecule has 0 spiro atoms. The lowest BCUT2D eigenvalue weighted by Gasteiger charge is -2.09. The lowest BCUT2D eigenvalue weighted by molar-refractivity contribution is -0.137. The van der Waals surface area contributed by atoms with Crippen molar-refractivity contribution in [3.05, 3.63) is 66.1 Å². The maximum atomic E-state index is 12.7. The molecule has 1 N–H and O–H groups in total. The zero-order chi connectivity index (χ0) is 19.3. The SMILES string of the molecule is O=C(NCCn1cccn1)c1coc(COc2cccc(C(F)(F)F)c2)n1. The fraction of sp³-hybridized carbons (Fsp3) is 0.235. The van der Waals surface area contributed by atoms with E-state index in [1.54, 1.807) is 23.1 Å². The van der Waals surface area contributed by atoms with Crippen LogP contribution in [0.2, 0.25) is 0 Å². The number of carbonyl (C=O) groups excluding carboxylic acids is 1. The summed E-state index contributed by atoms with van der Waals surface area (Å²) < 4.78 is 50.1. The first-order chi connectivity index (χ1) is 12.9. The quantitative estimate of drug-likeness (QED) is 0.682. The summed E-state index contributed by atoms with van der Waals surface area (Å²) in [5.41, 5.74) is -0.761. The van der Waals surface area contributed by atoms with Crippen molar-refractivity contribution in [2.24, 2.45) is 0 Å². The van der Waals surface area contributed by atoms with Gasteiger partial charge in [-0.2, -0.15) is 18.3 Å². The van der Waals surface area contributed by atoms with Crippen molar-refractivity contribution in [1.82, 2.24) is 20.1 Å². The molecule has 1 amide bonds. The molecule has 2 aromatic heterocycles. The summed E-state index contributed by atoms with van der Waals surface area (Å²) in [5.74, 6) is -0.339. The third-order valence-corrected chi connectivity index (χ3v) is 3.49. The molecule has 1 aromatic carbocycles. The van der Waals surface area contributed by atoms with E-state index in [1.165, 1.54) is 12.1 Å². The minimum atomic E-state index is -4.45. The van der Waals surface area contributed by atoms with Crippen LogP contribution in [0.1, 0.15) is 21.9 Å². The molecule has 0 aliphatic carbocycles. The Labute approximate surface area is 151 Å². The summed E-state index contributed by atoms with van der Waals surface area (Å²) in [5, 5.41) is 6.67. The second-order valence-corrected chi connectivity index (χ2v) is 5.47. The number of aromatic nitrogens is 3. The highest BCUT2D eigenvalue weighted by atomic mass is 19.4. The van der Waals surface area contributed by atoms with E-state index in [1.807, 2.05) is 0 Å². The Kier molecular flexibility index (Phi) is 5.43. The number of halogens is 3. The Morgan fingerprint density at radius 3 is 2.89 bits per heavy atom. The van der Waals surface area contributed by atoms with Crippen molar-refractivity contribution in [3.63, 3.8) is 0 Å². The zero-order valence-electron chi connectivity index (χ0n) is 13.9. The molecule has 0 saturated heterocycles. The summed E-state index contributed by atoms with van der Waals surface area (Å²) in [6, 6.07) is 6.24. The Morgan fingerprint density at radius 1 is 1.30 bits per heavy atom. The molecule has 142 valence electrons. The summed E-state index contributed by atoms with van der Waals surface area (Å²) in [6.45, 7) is 0.646. The van der Waals surface area contributed by atoms with Crippen LogP contribution in [0.25, 0.3) is 0 Å². The molecule has 7 nitrogen and oxygen atoms in total. The van der Waals surface area contributed by atoms with Crippen LogP contribution in [0, 0.1) is 0 Å². The normalized spacial score (nSPS) is 11.4. The molecular formula is C17H15F3N4O3. The Hall–Kier alpha value is -3.30. The van der Waals surface area contributed by atoms with Gasteiger partial charge in [0, 0.05) is 18.9 Å². The average molecular weight is 380 g/mol. The Morgan fingerprint density at radius 2 is 2.15 bits per heavy atom. The van der Waals surface area contributed by atoms with E-state index in [9.17, 15) is 18.0 Å². The lowest BCUT2D eigenvalue weighted by atomic mass is 10.2. The standard InChI is InChI=1S/C17H15F3N4O3/c18-17(19,20)12-3-1-4-13(9-12)26-11-15-23-14(10-27-15)16(25)21-6-8-24-7-2-5-22-24/h1-5,7,9-10H,6,8,11H2,(H,21,25). The number of alkyl halides is 3. The van der Waals surface area contributed by atoms with Gasteiger partial charge in [0.25, 0.3) is 5.91 Å². The van der Waals surface area contributed by atoms with Crippen LogP contribution < -0.4 is 10.1 Å². The molecular weight excluding hydrogens is 365 g/mol. The van der Waals surface area contributed by atoms with Crippen LogP contribution in [-0.2, 0) is 19.3 Å². The molecule has 0 radical (unpaired) electrons. The number of oxazole rings is 1. The van der Waals surface area contributed by atoms with E-state index >= 15 is 0 Å². The summed E-state index contributed by atoms with van der Waals surface area (Å²) in [7, 11) is 0. The largest absolute Gasteiger partial charge is 0.484 e. The van der Waals surface area contributed by atoms with E-state index in [2.05, 4.69) is 15.4 Å². The highest BCUT2D eigenvalue weighted by molar-refractivity contribution is 5.91. The summed E-state index contributed by atoms with van der Waals surface area (Å²) >= 11 is 0. The molecule has 0 aliphatic rings. The lowest BCUT2D eigenvalue weighted by Crippen LogP contribution is -2.27. The number of carbonyl (C=O) groups is 1. The fourth-order valence-electron chi connectivity index (χ4n) is 2.20. The van der Waals surface area contributed by atoms with E-state index in [0.29, 0.717) is 13.1 Å². The Balaban J connectivity index is 1.51. The second-order valence-electron chi connectivity index (χ2n) is 5.47. The smallest absolute Gasteiger partial charge is 0.416 e. The van der Waals surface area contributed by atoms with Gasteiger partial charge in [0.1, 0.15) is 12.0 Å². The number of amides is 1. The number of nitrogens with one attached hydrogen (secondary N) is 1. The predicted octanol–water partition coefficient (Wildman–Crippen LogP) is 2.90. The minimum Gasteiger partial charge on any atom is -0.484 e. The van der Waals surface area contributed by atoms with Gasteiger partial charge in [-0.1, -0.05) is 6.07 Å². The van der Waals surface area contributed by atoms with E-state index in [0.717, 1.165) is 18.4 Å². The number of nitrogens with zero attached hydrogens (tertiary/aromatic N) is 3. The van der Waals surface area contributed by atoms with Crippen LogP contribution in [-0.4, -0.2) is 27.2 Å². The molecule has 0 aliphatic heterocycles. The van der Waals surface area contributed by atoms with Crippen molar-refractivity contribution in [3.8, 4) is 5.75 Å². The van der Waals surface area contributed by atoms with Crippen LogP contribution in [0.4, 0.5) is 13.2 Å². The van der Waals surface area contributed by atoms with Gasteiger partial charge >= 0.3 is 6.18 Å². The van der Waals surface area contributed by atoms with Crippen LogP contribution in [0.5, 0.6) is 5.75 Å². The van der Waals surface area contributed by atoms with E-state index in [4.69, 9.17) is 9.15 Å². The van der Waals surface area contributed by atoms with Crippen molar-refractivity contribution >= 4 is 5.91 Å².